The van der Waals surface area contributed by atoms with Gasteiger partial charge in [-0.1, -0.05) is 19.0 Å². The third-order valence-corrected chi connectivity index (χ3v) is 4.26. The maximum Gasteiger partial charge on any atom is 0.231 e. The monoisotopic (exact) mass is 281 g/mol. The second-order valence-corrected chi connectivity index (χ2v) is 6.24. The Kier molecular flexibility index (Phi) is 5.12. The Morgan fingerprint density at radius 3 is 2.75 bits per heavy atom. The molecule has 0 aromatic carbocycles. The summed E-state index contributed by atoms with van der Waals surface area (Å²) in [6, 6.07) is 0.453. The SMILES string of the molecule is CC(C)C(CN)c1nc(CC2CN(C)CCN2C)no1. The molecule has 0 amide bonds. The maximum atomic E-state index is 5.80. The lowest BCUT2D eigenvalue weighted by Gasteiger charge is -2.37. The molecule has 1 aromatic heterocycles. The average molecular weight is 281 g/mol. The van der Waals surface area contributed by atoms with Crippen LogP contribution in [0.1, 0.15) is 31.5 Å². The lowest BCUT2D eigenvalue weighted by atomic mass is 9.96. The fraction of sp³-hybridized carbons (Fsp3) is 0.857. The standard InChI is InChI=1S/C14H27N5O/c1-10(2)12(8-15)14-16-13(17-20-14)7-11-9-18(3)5-6-19(11)4/h10-12H,5-9,15H2,1-4H3. The smallest absolute Gasteiger partial charge is 0.231 e. The fourth-order valence-electron chi connectivity index (χ4n) is 2.69. The van der Waals surface area contributed by atoms with Crippen LogP contribution in [0.5, 0.6) is 0 Å². The first-order valence-electron chi connectivity index (χ1n) is 7.42. The van der Waals surface area contributed by atoms with E-state index in [0.29, 0.717) is 24.4 Å². The third kappa shape index (κ3) is 3.56. The highest BCUT2D eigenvalue weighted by Gasteiger charge is 2.26. The molecule has 6 heteroatoms. The highest BCUT2D eigenvalue weighted by molar-refractivity contribution is 4.98. The van der Waals surface area contributed by atoms with Gasteiger partial charge in [0.1, 0.15) is 0 Å². The Morgan fingerprint density at radius 2 is 2.10 bits per heavy atom. The summed E-state index contributed by atoms with van der Waals surface area (Å²) in [6.45, 7) is 8.06. The number of piperazine rings is 1. The molecule has 1 fully saturated rings. The van der Waals surface area contributed by atoms with Crippen LogP contribution in [0.15, 0.2) is 4.52 Å². The zero-order chi connectivity index (χ0) is 14.7. The highest BCUT2D eigenvalue weighted by atomic mass is 16.5. The van der Waals surface area contributed by atoms with Crippen molar-refractivity contribution in [3.05, 3.63) is 11.7 Å². The lowest BCUT2D eigenvalue weighted by molar-refractivity contribution is 0.113. The number of likely N-dealkylation sites (N-methyl/N-ethyl adjacent to an activating group) is 2. The van der Waals surface area contributed by atoms with Crippen LogP contribution in [0, 0.1) is 5.92 Å². The van der Waals surface area contributed by atoms with Crippen molar-refractivity contribution in [3.8, 4) is 0 Å². The van der Waals surface area contributed by atoms with Gasteiger partial charge in [0.15, 0.2) is 5.82 Å². The van der Waals surface area contributed by atoms with Crippen LogP contribution in [-0.2, 0) is 6.42 Å². The van der Waals surface area contributed by atoms with E-state index in [0.717, 1.165) is 31.9 Å². The number of hydrogen-bond donors (Lipinski definition) is 1. The molecule has 1 aliphatic heterocycles. The van der Waals surface area contributed by atoms with E-state index in [1.54, 1.807) is 0 Å². The van der Waals surface area contributed by atoms with E-state index in [1.807, 2.05) is 0 Å². The minimum absolute atomic E-state index is 0.156. The zero-order valence-corrected chi connectivity index (χ0v) is 13.0. The summed E-state index contributed by atoms with van der Waals surface area (Å²) in [5, 5.41) is 4.13. The minimum atomic E-state index is 0.156. The fourth-order valence-corrected chi connectivity index (χ4v) is 2.69. The van der Waals surface area contributed by atoms with Crippen LogP contribution in [0.3, 0.4) is 0 Å². The number of hydrogen-bond acceptors (Lipinski definition) is 6. The summed E-state index contributed by atoms with van der Waals surface area (Å²) in [5.41, 5.74) is 5.80. The van der Waals surface area contributed by atoms with Crippen molar-refractivity contribution in [3.63, 3.8) is 0 Å². The van der Waals surface area contributed by atoms with Crippen molar-refractivity contribution < 1.29 is 4.52 Å². The Labute approximate surface area is 121 Å². The molecule has 0 spiro atoms. The van der Waals surface area contributed by atoms with Gasteiger partial charge in [-0.15, -0.1) is 0 Å². The van der Waals surface area contributed by atoms with Gasteiger partial charge < -0.3 is 20.1 Å². The van der Waals surface area contributed by atoms with Crippen LogP contribution < -0.4 is 5.73 Å². The molecule has 1 aromatic rings. The van der Waals surface area contributed by atoms with Gasteiger partial charge in [-0.25, -0.2) is 0 Å². The normalized spacial score (nSPS) is 23.4. The Hall–Kier alpha value is -0.980. The van der Waals surface area contributed by atoms with E-state index >= 15 is 0 Å². The first-order chi connectivity index (χ1) is 9.51. The van der Waals surface area contributed by atoms with E-state index in [9.17, 15) is 0 Å². The van der Waals surface area contributed by atoms with Gasteiger partial charge in [-0.05, 0) is 20.0 Å². The van der Waals surface area contributed by atoms with Gasteiger partial charge in [0.05, 0.1) is 5.92 Å². The van der Waals surface area contributed by atoms with E-state index < -0.39 is 0 Å². The van der Waals surface area contributed by atoms with E-state index in [-0.39, 0.29) is 5.92 Å². The summed E-state index contributed by atoms with van der Waals surface area (Å²) in [6.07, 6.45) is 0.833. The number of nitrogens with zero attached hydrogens (tertiary/aromatic N) is 4. The van der Waals surface area contributed by atoms with Crippen molar-refractivity contribution in [2.45, 2.75) is 32.2 Å². The van der Waals surface area contributed by atoms with Gasteiger partial charge in [0.2, 0.25) is 5.89 Å². The van der Waals surface area contributed by atoms with Gasteiger partial charge in [0.25, 0.3) is 0 Å². The van der Waals surface area contributed by atoms with Crippen LogP contribution in [0.4, 0.5) is 0 Å². The maximum absolute atomic E-state index is 5.80. The molecule has 0 bridgehead atoms. The average Bonchev–Trinajstić information content (AvgIpc) is 2.82. The largest absolute Gasteiger partial charge is 0.339 e. The molecule has 0 radical (unpaired) electrons. The molecule has 2 rings (SSSR count). The Morgan fingerprint density at radius 1 is 1.35 bits per heavy atom. The van der Waals surface area contributed by atoms with Crippen molar-refractivity contribution in [1.29, 1.82) is 0 Å². The molecule has 2 N–H and O–H groups in total. The van der Waals surface area contributed by atoms with Crippen molar-refractivity contribution in [2.24, 2.45) is 11.7 Å². The number of aromatic nitrogens is 2. The minimum Gasteiger partial charge on any atom is -0.339 e. The first-order valence-corrected chi connectivity index (χ1v) is 7.42. The van der Waals surface area contributed by atoms with E-state index in [2.05, 4.69) is 47.9 Å². The molecule has 6 nitrogen and oxygen atoms in total. The summed E-state index contributed by atoms with van der Waals surface area (Å²) >= 11 is 0. The second kappa shape index (κ2) is 6.65. The van der Waals surface area contributed by atoms with Crippen LogP contribution in [0.2, 0.25) is 0 Å². The molecule has 20 heavy (non-hydrogen) atoms. The molecule has 2 heterocycles. The lowest BCUT2D eigenvalue weighted by Crippen LogP contribution is -2.50. The quantitative estimate of drug-likeness (QED) is 0.850. The molecule has 2 atom stereocenters. The third-order valence-electron chi connectivity index (χ3n) is 4.26. The van der Waals surface area contributed by atoms with Gasteiger partial charge in [-0.3, -0.25) is 0 Å². The topological polar surface area (TPSA) is 71.4 Å². The molecule has 114 valence electrons. The highest BCUT2D eigenvalue weighted by Crippen LogP contribution is 2.22. The molecule has 0 saturated carbocycles. The first kappa shape index (κ1) is 15.4. The van der Waals surface area contributed by atoms with Crippen molar-refractivity contribution in [1.82, 2.24) is 19.9 Å². The van der Waals surface area contributed by atoms with Crippen LogP contribution in [-0.4, -0.2) is 66.3 Å². The molecule has 0 aliphatic carbocycles. The van der Waals surface area contributed by atoms with Crippen LogP contribution in [0.25, 0.3) is 0 Å². The van der Waals surface area contributed by atoms with Crippen LogP contribution >= 0.6 is 0 Å². The Bertz CT molecular complexity index is 419. The number of rotatable bonds is 5. The molecule has 1 aliphatic rings. The second-order valence-electron chi connectivity index (χ2n) is 6.24. The molecule has 1 saturated heterocycles. The van der Waals surface area contributed by atoms with E-state index in [1.165, 1.54) is 0 Å². The van der Waals surface area contributed by atoms with Crippen molar-refractivity contribution >= 4 is 0 Å². The molecular weight excluding hydrogens is 254 g/mol. The van der Waals surface area contributed by atoms with Crippen molar-refractivity contribution in [2.75, 3.05) is 40.3 Å². The predicted molar refractivity (Wildman–Crippen MR) is 78.6 cm³/mol. The summed E-state index contributed by atoms with van der Waals surface area (Å²) < 4.78 is 5.41. The zero-order valence-electron chi connectivity index (χ0n) is 13.0. The van der Waals surface area contributed by atoms with Gasteiger partial charge >= 0.3 is 0 Å². The predicted octanol–water partition coefficient (Wildman–Crippen LogP) is 0.556. The van der Waals surface area contributed by atoms with Gasteiger partial charge in [-0.2, -0.15) is 4.98 Å². The van der Waals surface area contributed by atoms with E-state index in [4.69, 9.17) is 10.3 Å². The van der Waals surface area contributed by atoms with Gasteiger partial charge in [0, 0.05) is 38.6 Å². The molecule has 2 unspecified atom stereocenters. The summed E-state index contributed by atoms with van der Waals surface area (Å²) in [5.74, 6) is 2.05. The Balaban J connectivity index is 2.01. The molecular formula is C14H27N5O. The number of nitrogens with two attached hydrogens (primary N) is 1. The summed E-state index contributed by atoms with van der Waals surface area (Å²) in [7, 11) is 4.32. The summed E-state index contributed by atoms with van der Waals surface area (Å²) in [4.78, 5) is 9.28.